The van der Waals surface area contributed by atoms with Crippen LogP contribution in [0.4, 0.5) is 0 Å². The van der Waals surface area contributed by atoms with Gasteiger partial charge in [-0.1, -0.05) is 0 Å². The van der Waals surface area contributed by atoms with Gasteiger partial charge in [-0.2, -0.15) is 4.31 Å². The third-order valence-corrected chi connectivity index (χ3v) is 5.53. The molecule has 0 radical (unpaired) electrons. The molecule has 2 aliphatic heterocycles. The summed E-state index contributed by atoms with van der Waals surface area (Å²) >= 11 is 0. The van der Waals surface area contributed by atoms with Crippen molar-refractivity contribution in [2.24, 2.45) is 0 Å². The maximum absolute atomic E-state index is 12.8. The van der Waals surface area contributed by atoms with E-state index in [4.69, 9.17) is 14.2 Å². The van der Waals surface area contributed by atoms with E-state index in [1.54, 1.807) is 6.92 Å². The molecule has 2 aliphatic rings. The Morgan fingerprint density at radius 1 is 1.26 bits per heavy atom. The largest absolute Gasteiger partial charge is 0.486 e. The monoisotopic (exact) mass is 343 g/mol. The molecule has 1 fully saturated rings. The quantitative estimate of drug-likeness (QED) is 0.855. The number of carboxylic acids is 1. The van der Waals surface area contributed by atoms with E-state index in [0.717, 1.165) is 6.07 Å². The summed E-state index contributed by atoms with van der Waals surface area (Å²) in [5.41, 5.74) is -0.220. The molecule has 0 aliphatic carbocycles. The lowest BCUT2D eigenvalue weighted by Crippen LogP contribution is -2.44. The number of ether oxygens (including phenoxy) is 3. The van der Waals surface area contributed by atoms with Crippen molar-refractivity contribution in [3.8, 4) is 11.5 Å². The van der Waals surface area contributed by atoms with Crippen molar-refractivity contribution in [3.05, 3.63) is 17.7 Å². The molecule has 0 bridgehead atoms. The Balaban J connectivity index is 2.05. The van der Waals surface area contributed by atoms with Crippen molar-refractivity contribution >= 4 is 16.0 Å². The van der Waals surface area contributed by atoms with Crippen LogP contribution in [0.25, 0.3) is 0 Å². The standard InChI is InChI=1S/C14H17NO7S/c1-9-8-15(2-3-20-9)23(18,19)10-6-11(14(16)17)13-12(7-10)21-4-5-22-13/h6-7,9H,2-5,8H2,1H3,(H,16,17)/t9-/m0/s1. The molecule has 1 atom stereocenters. The molecule has 9 heteroatoms. The van der Waals surface area contributed by atoms with Crippen LogP contribution in [0.5, 0.6) is 11.5 Å². The molecule has 1 aromatic rings. The van der Waals surface area contributed by atoms with Crippen molar-refractivity contribution in [2.45, 2.75) is 17.9 Å². The number of carbonyl (C=O) groups is 1. The molecule has 1 saturated heterocycles. The highest BCUT2D eigenvalue weighted by atomic mass is 32.2. The number of hydrogen-bond donors (Lipinski definition) is 1. The number of aromatic carboxylic acids is 1. The molecule has 2 heterocycles. The highest BCUT2D eigenvalue weighted by Gasteiger charge is 2.32. The van der Waals surface area contributed by atoms with Gasteiger partial charge in [0.1, 0.15) is 18.8 Å². The molecule has 3 rings (SSSR count). The van der Waals surface area contributed by atoms with E-state index in [1.165, 1.54) is 10.4 Å². The average Bonchev–Trinajstić information content (AvgIpc) is 2.53. The summed E-state index contributed by atoms with van der Waals surface area (Å²) in [5, 5.41) is 9.32. The van der Waals surface area contributed by atoms with Crippen LogP contribution < -0.4 is 9.47 Å². The summed E-state index contributed by atoms with van der Waals surface area (Å²) in [7, 11) is -3.83. The summed E-state index contributed by atoms with van der Waals surface area (Å²) in [5.74, 6) is -1.06. The number of benzene rings is 1. The number of sulfonamides is 1. The van der Waals surface area contributed by atoms with Crippen LogP contribution in [-0.4, -0.2) is 62.8 Å². The van der Waals surface area contributed by atoms with Crippen LogP contribution in [0.3, 0.4) is 0 Å². The maximum Gasteiger partial charge on any atom is 0.339 e. The zero-order valence-corrected chi connectivity index (χ0v) is 13.3. The Morgan fingerprint density at radius 3 is 2.70 bits per heavy atom. The second-order valence-electron chi connectivity index (χ2n) is 5.34. The lowest BCUT2D eigenvalue weighted by Gasteiger charge is -2.30. The Bertz CT molecular complexity index is 731. The zero-order chi connectivity index (χ0) is 16.6. The van der Waals surface area contributed by atoms with E-state index in [0.29, 0.717) is 6.61 Å². The third kappa shape index (κ3) is 2.99. The van der Waals surface area contributed by atoms with E-state index < -0.39 is 16.0 Å². The van der Waals surface area contributed by atoms with Gasteiger partial charge in [-0.25, -0.2) is 13.2 Å². The normalized spacial score (nSPS) is 21.9. The van der Waals surface area contributed by atoms with Gasteiger partial charge in [-0.05, 0) is 13.0 Å². The molecule has 0 amide bonds. The third-order valence-electron chi connectivity index (χ3n) is 3.69. The highest BCUT2D eigenvalue weighted by Crippen LogP contribution is 2.37. The number of carboxylic acid groups (broad SMARTS) is 1. The fourth-order valence-electron chi connectivity index (χ4n) is 2.59. The number of fused-ring (bicyclic) bond motifs is 1. The average molecular weight is 343 g/mol. The van der Waals surface area contributed by atoms with Gasteiger partial charge in [0.05, 0.1) is 17.6 Å². The Kier molecular flexibility index (Phi) is 4.17. The van der Waals surface area contributed by atoms with Gasteiger partial charge in [-0.3, -0.25) is 0 Å². The molecule has 126 valence electrons. The first-order valence-electron chi connectivity index (χ1n) is 7.18. The van der Waals surface area contributed by atoms with Gasteiger partial charge in [0.2, 0.25) is 10.0 Å². The van der Waals surface area contributed by atoms with Crippen molar-refractivity contribution in [1.29, 1.82) is 0 Å². The number of hydrogen-bond acceptors (Lipinski definition) is 6. The molecule has 0 saturated carbocycles. The summed E-state index contributed by atoms with van der Waals surface area (Å²) in [4.78, 5) is 11.3. The SMILES string of the molecule is C[C@H]1CN(S(=O)(=O)c2cc3c(c(C(=O)O)c2)OCCO3)CCO1. The second-order valence-corrected chi connectivity index (χ2v) is 7.28. The van der Waals surface area contributed by atoms with E-state index in [1.807, 2.05) is 0 Å². The number of nitrogens with zero attached hydrogens (tertiary/aromatic N) is 1. The van der Waals surface area contributed by atoms with Crippen molar-refractivity contribution in [2.75, 3.05) is 32.9 Å². The molecular formula is C14H17NO7S. The Labute approximate surface area is 133 Å². The first-order chi connectivity index (χ1) is 10.9. The lowest BCUT2D eigenvalue weighted by molar-refractivity contribution is 0.0101. The van der Waals surface area contributed by atoms with Crippen molar-refractivity contribution < 1.29 is 32.5 Å². The summed E-state index contributed by atoms with van der Waals surface area (Å²) < 4.78 is 42.9. The smallest absolute Gasteiger partial charge is 0.339 e. The van der Waals surface area contributed by atoms with Gasteiger partial charge in [0.15, 0.2) is 11.5 Å². The summed E-state index contributed by atoms with van der Waals surface area (Å²) in [6.45, 7) is 3.00. The van der Waals surface area contributed by atoms with Crippen LogP contribution in [-0.2, 0) is 14.8 Å². The van der Waals surface area contributed by atoms with Crippen molar-refractivity contribution in [1.82, 2.24) is 4.31 Å². The van der Waals surface area contributed by atoms with E-state index in [2.05, 4.69) is 0 Å². The van der Waals surface area contributed by atoms with Gasteiger partial charge in [-0.15, -0.1) is 0 Å². The van der Waals surface area contributed by atoms with E-state index in [9.17, 15) is 18.3 Å². The van der Waals surface area contributed by atoms with Crippen molar-refractivity contribution in [3.63, 3.8) is 0 Å². The first-order valence-corrected chi connectivity index (χ1v) is 8.62. The van der Waals surface area contributed by atoms with Crippen LogP contribution in [0.1, 0.15) is 17.3 Å². The minimum atomic E-state index is -3.83. The summed E-state index contributed by atoms with van der Waals surface area (Å²) in [6, 6.07) is 2.43. The Hall–Kier alpha value is -1.84. The predicted octanol–water partition coefficient (Wildman–Crippen LogP) is 0.565. The fraction of sp³-hybridized carbons (Fsp3) is 0.500. The highest BCUT2D eigenvalue weighted by molar-refractivity contribution is 7.89. The molecule has 0 unspecified atom stereocenters. The molecule has 23 heavy (non-hydrogen) atoms. The fourth-order valence-corrected chi connectivity index (χ4v) is 4.13. The second kappa shape index (κ2) is 5.99. The minimum Gasteiger partial charge on any atom is -0.486 e. The van der Waals surface area contributed by atoms with Crippen LogP contribution >= 0.6 is 0 Å². The molecular weight excluding hydrogens is 326 g/mol. The van der Waals surface area contributed by atoms with Crippen LogP contribution in [0.15, 0.2) is 17.0 Å². The molecule has 1 N–H and O–H groups in total. The van der Waals surface area contributed by atoms with Gasteiger partial charge in [0.25, 0.3) is 0 Å². The maximum atomic E-state index is 12.8. The molecule has 0 aromatic heterocycles. The van der Waals surface area contributed by atoms with E-state index in [-0.39, 0.29) is 54.4 Å². The lowest BCUT2D eigenvalue weighted by atomic mass is 10.2. The van der Waals surface area contributed by atoms with E-state index >= 15 is 0 Å². The number of morpholine rings is 1. The van der Waals surface area contributed by atoms with Crippen LogP contribution in [0.2, 0.25) is 0 Å². The minimum absolute atomic E-state index is 0.0676. The molecule has 0 spiro atoms. The zero-order valence-electron chi connectivity index (χ0n) is 12.5. The first kappa shape index (κ1) is 16.0. The van der Waals surface area contributed by atoms with Gasteiger partial charge in [0, 0.05) is 19.2 Å². The molecule has 8 nitrogen and oxygen atoms in total. The number of rotatable bonds is 3. The molecule has 1 aromatic carbocycles. The Morgan fingerprint density at radius 2 is 2.00 bits per heavy atom. The van der Waals surface area contributed by atoms with Gasteiger partial charge < -0.3 is 19.3 Å². The topological polar surface area (TPSA) is 102 Å². The predicted molar refractivity (Wildman–Crippen MR) is 78.6 cm³/mol. The summed E-state index contributed by atoms with van der Waals surface area (Å²) in [6.07, 6.45) is -0.213. The van der Waals surface area contributed by atoms with Gasteiger partial charge >= 0.3 is 5.97 Å². The van der Waals surface area contributed by atoms with Crippen LogP contribution in [0, 0.1) is 0 Å².